The fraction of sp³-hybridized carbons (Fsp3) is 0.481. The molecule has 4 rings (SSSR count). The molecule has 2 fully saturated rings. The van der Waals surface area contributed by atoms with Crippen LogP contribution in [0.4, 0.5) is 26.3 Å². The third kappa shape index (κ3) is 5.98. The summed E-state index contributed by atoms with van der Waals surface area (Å²) < 4.78 is 80.2. The van der Waals surface area contributed by atoms with Crippen LogP contribution in [-0.4, -0.2) is 42.4 Å². The second kappa shape index (κ2) is 10.6. The SMILES string of the molecule is C[C@H](C(=O)NC1(c2ccccc2)CCC(N2CCNCC2=O)CC1)c1cc(C(F)(F)F)cc(C(F)(F)F)c1. The van der Waals surface area contributed by atoms with Gasteiger partial charge in [-0.3, -0.25) is 9.59 Å². The van der Waals surface area contributed by atoms with Crippen molar-refractivity contribution in [3.05, 3.63) is 70.8 Å². The Morgan fingerprint density at radius 3 is 2.11 bits per heavy atom. The van der Waals surface area contributed by atoms with Crippen molar-refractivity contribution in [1.29, 1.82) is 0 Å². The quantitative estimate of drug-likeness (QED) is 0.511. The van der Waals surface area contributed by atoms with Crippen molar-refractivity contribution in [2.75, 3.05) is 19.6 Å². The van der Waals surface area contributed by atoms with E-state index in [1.807, 2.05) is 23.1 Å². The molecule has 2 aromatic rings. The number of benzene rings is 2. The van der Waals surface area contributed by atoms with Gasteiger partial charge in [0.25, 0.3) is 0 Å². The van der Waals surface area contributed by atoms with Crippen LogP contribution < -0.4 is 10.6 Å². The summed E-state index contributed by atoms with van der Waals surface area (Å²) in [5.74, 6) is -1.93. The highest BCUT2D eigenvalue weighted by molar-refractivity contribution is 5.84. The lowest BCUT2D eigenvalue weighted by atomic mass is 9.74. The number of amides is 2. The minimum absolute atomic E-state index is 0.00595. The Morgan fingerprint density at radius 2 is 1.58 bits per heavy atom. The second-order valence-corrected chi connectivity index (χ2v) is 9.99. The molecule has 0 bridgehead atoms. The minimum Gasteiger partial charge on any atom is -0.346 e. The van der Waals surface area contributed by atoms with Crippen molar-refractivity contribution >= 4 is 11.8 Å². The molecule has 0 radical (unpaired) electrons. The first-order valence-corrected chi connectivity index (χ1v) is 12.5. The van der Waals surface area contributed by atoms with Gasteiger partial charge in [-0.05, 0) is 61.9 Å². The molecule has 2 aliphatic rings. The topological polar surface area (TPSA) is 61.4 Å². The maximum atomic E-state index is 13.4. The van der Waals surface area contributed by atoms with Crippen molar-refractivity contribution in [1.82, 2.24) is 15.5 Å². The van der Waals surface area contributed by atoms with Crippen molar-refractivity contribution in [2.45, 2.75) is 62.5 Å². The molecule has 2 aromatic carbocycles. The number of hydrogen-bond donors (Lipinski definition) is 2. The molecule has 1 saturated heterocycles. The zero-order valence-corrected chi connectivity index (χ0v) is 20.8. The fourth-order valence-corrected chi connectivity index (χ4v) is 5.38. The Morgan fingerprint density at radius 1 is 1.00 bits per heavy atom. The number of halogens is 6. The van der Waals surface area contributed by atoms with Crippen molar-refractivity contribution in [2.24, 2.45) is 0 Å². The zero-order valence-electron chi connectivity index (χ0n) is 20.8. The summed E-state index contributed by atoms with van der Waals surface area (Å²) >= 11 is 0. The van der Waals surface area contributed by atoms with E-state index < -0.39 is 40.8 Å². The molecule has 2 N–H and O–H groups in total. The molecule has 1 heterocycles. The molecule has 0 spiro atoms. The predicted octanol–water partition coefficient (Wildman–Crippen LogP) is 5.21. The molecule has 0 aromatic heterocycles. The Hall–Kier alpha value is -3.08. The molecular weight excluding hydrogens is 512 g/mol. The van der Waals surface area contributed by atoms with E-state index in [0.29, 0.717) is 50.9 Å². The maximum Gasteiger partial charge on any atom is 0.416 e. The van der Waals surface area contributed by atoms with E-state index in [9.17, 15) is 35.9 Å². The predicted molar refractivity (Wildman–Crippen MR) is 128 cm³/mol. The highest BCUT2D eigenvalue weighted by Crippen LogP contribution is 2.41. The van der Waals surface area contributed by atoms with Gasteiger partial charge >= 0.3 is 12.4 Å². The molecule has 1 saturated carbocycles. The number of carbonyl (C=O) groups excluding carboxylic acids is 2. The van der Waals surface area contributed by atoms with E-state index in [1.54, 1.807) is 12.1 Å². The molecule has 1 aliphatic carbocycles. The van der Waals surface area contributed by atoms with E-state index in [1.165, 1.54) is 6.92 Å². The summed E-state index contributed by atoms with van der Waals surface area (Å²) in [5, 5.41) is 6.02. The lowest BCUT2D eigenvalue weighted by molar-refractivity contribution is -0.143. The van der Waals surface area contributed by atoms with E-state index in [0.717, 1.165) is 5.56 Å². The zero-order chi connectivity index (χ0) is 27.7. The average molecular weight is 542 g/mol. The molecule has 0 unspecified atom stereocenters. The van der Waals surface area contributed by atoms with Crippen LogP contribution in [0.25, 0.3) is 0 Å². The van der Waals surface area contributed by atoms with Gasteiger partial charge in [0, 0.05) is 19.1 Å². The van der Waals surface area contributed by atoms with Gasteiger partial charge in [-0.15, -0.1) is 0 Å². The molecule has 206 valence electrons. The highest BCUT2D eigenvalue weighted by atomic mass is 19.4. The second-order valence-electron chi connectivity index (χ2n) is 9.99. The van der Waals surface area contributed by atoms with Crippen LogP contribution in [0.15, 0.2) is 48.5 Å². The normalized spacial score (nSPS) is 23.7. The lowest BCUT2D eigenvalue weighted by Gasteiger charge is -2.45. The van der Waals surface area contributed by atoms with Crippen LogP contribution in [0.5, 0.6) is 0 Å². The van der Waals surface area contributed by atoms with Crippen LogP contribution >= 0.6 is 0 Å². The Bertz CT molecular complexity index is 1130. The van der Waals surface area contributed by atoms with Crippen molar-refractivity contribution in [3.63, 3.8) is 0 Å². The number of alkyl halides is 6. The minimum atomic E-state index is -5.00. The van der Waals surface area contributed by atoms with Gasteiger partial charge in [0.05, 0.1) is 29.1 Å². The molecule has 11 heteroatoms. The number of rotatable bonds is 5. The molecule has 1 aliphatic heterocycles. The third-order valence-electron chi connectivity index (χ3n) is 7.57. The van der Waals surface area contributed by atoms with Crippen LogP contribution in [0.2, 0.25) is 0 Å². The van der Waals surface area contributed by atoms with Crippen molar-refractivity contribution < 1.29 is 35.9 Å². The average Bonchev–Trinajstić information content (AvgIpc) is 2.88. The van der Waals surface area contributed by atoms with Gasteiger partial charge in [-0.25, -0.2) is 0 Å². The summed E-state index contributed by atoms with van der Waals surface area (Å²) in [6.45, 7) is 2.85. The van der Waals surface area contributed by atoms with Crippen LogP contribution in [-0.2, 0) is 27.5 Å². The number of carbonyl (C=O) groups is 2. The standard InChI is InChI=1S/C27H29F6N3O2/c1-17(18-13-20(26(28,29)30)15-21(14-18)27(31,32)33)24(38)35-25(19-5-3-2-4-6-19)9-7-22(8-10-25)36-12-11-34-16-23(36)37/h2-6,13-15,17,22,34H,7-12,16H2,1H3,(H,35,38)/t17-,22?,25?/m0/s1. The number of piperazine rings is 1. The monoisotopic (exact) mass is 541 g/mol. The summed E-state index contributed by atoms with van der Waals surface area (Å²) in [4.78, 5) is 27.6. The fourth-order valence-electron chi connectivity index (χ4n) is 5.38. The van der Waals surface area contributed by atoms with Crippen LogP contribution in [0.1, 0.15) is 60.8 Å². The lowest BCUT2D eigenvalue weighted by Crippen LogP contribution is -2.56. The van der Waals surface area contributed by atoms with Crippen LogP contribution in [0.3, 0.4) is 0 Å². The molecule has 2 amide bonds. The third-order valence-corrected chi connectivity index (χ3v) is 7.57. The number of nitrogens with zero attached hydrogens (tertiary/aromatic N) is 1. The Kier molecular flexibility index (Phi) is 7.79. The van der Waals surface area contributed by atoms with Gasteiger partial charge in [0.1, 0.15) is 0 Å². The van der Waals surface area contributed by atoms with E-state index in [4.69, 9.17) is 0 Å². The van der Waals surface area contributed by atoms with E-state index >= 15 is 0 Å². The first kappa shape index (κ1) is 27.9. The van der Waals surface area contributed by atoms with E-state index in [2.05, 4.69) is 10.6 Å². The first-order chi connectivity index (χ1) is 17.8. The maximum absolute atomic E-state index is 13.4. The summed E-state index contributed by atoms with van der Waals surface area (Å²) in [6, 6.07) is 10.4. The summed E-state index contributed by atoms with van der Waals surface area (Å²) in [5.41, 5.74) is -3.35. The number of hydrogen-bond acceptors (Lipinski definition) is 3. The van der Waals surface area contributed by atoms with Crippen molar-refractivity contribution in [3.8, 4) is 0 Å². The molecule has 5 nitrogen and oxygen atoms in total. The van der Waals surface area contributed by atoms with Gasteiger partial charge < -0.3 is 15.5 Å². The van der Waals surface area contributed by atoms with Crippen LogP contribution in [0, 0.1) is 0 Å². The van der Waals surface area contributed by atoms with Gasteiger partial charge in [0.2, 0.25) is 11.8 Å². The number of nitrogens with one attached hydrogen (secondary N) is 2. The molecule has 38 heavy (non-hydrogen) atoms. The Balaban J connectivity index is 1.60. The highest BCUT2D eigenvalue weighted by Gasteiger charge is 2.42. The summed E-state index contributed by atoms with van der Waals surface area (Å²) in [6.07, 6.45) is -7.88. The largest absolute Gasteiger partial charge is 0.416 e. The van der Waals surface area contributed by atoms with Gasteiger partial charge in [-0.2, -0.15) is 26.3 Å². The molecule has 1 atom stereocenters. The van der Waals surface area contributed by atoms with Gasteiger partial charge in [0.15, 0.2) is 0 Å². The van der Waals surface area contributed by atoms with Gasteiger partial charge in [-0.1, -0.05) is 30.3 Å². The first-order valence-electron chi connectivity index (χ1n) is 12.5. The van der Waals surface area contributed by atoms with E-state index in [-0.39, 0.29) is 30.1 Å². The Labute approximate surface area is 216 Å². The summed E-state index contributed by atoms with van der Waals surface area (Å²) in [7, 11) is 0. The smallest absolute Gasteiger partial charge is 0.346 e. The molecular formula is C27H29F6N3O2.